The lowest BCUT2D eigenvalue weighted by atomic mass is 9.92. The van der Waals surface area contributed by atoms with E-state index in [4.69, 9.17) is 19.6 Å². The first-order valence-corrected chi connectivity index (χ1v) is 22.0. The predicted molar refractivity (Wildman–Crippen MR) is 211 cm³/mol. The number of carbonyl (C=O) groups excluding carboxylic acids is 1. The molecule has 1 fully saturated rings. The summed E-state index contributed by atoms with van der Waals surface area (Å²) in [5.41, 5.74) is 0. The summed E-state index contributed by atoms with van der Waals surface area (Å²) in [6.07, 6.45) is 33.9. The van der Waals surface area contributed by atoms with Crippen molar-refractivity contribution in [3.05, 3.63) is 0 Å². The first kappa shape index (κ1) is 47.3. The number of nitrogens with zero attached hydrogens (tertiary/aromatic N) is 2. The molecular weight excluding hydrogens is 624 g/mol. The Labute approximate surface area is 311 Å². The van der Waals surface area contributed by atoms with Gasteiger partial charge < -0.3 is 19.6 Å². The van der Waals surface area contributed by atoms with E-state index in [9.17, 15) is 4.79 Å². The molecule has 1 rings (SSSR count). The van der Waals surface area contributed by atoms with E-state index in [1.165, 1.54) is 122 Å². The fourth-order valence-electron chi connectivity index (χ4n) is 7.34. The van der Waals surface area contributed by atoms with E-state index in [-0.39, 0.29) is 11.9 Å². The Morgan fingerprint density at radius 2 is 1.02 bits per heavy atom. The molecule has 1 heterocycles. The number of likely N-dealkylation sites (N-methyl/N-ethyl adjacent to an activating group) is 1. The van der Waals surface area contributed by atoms with Crippen molar-refractivity contribution in [3.63, 3.8) is 0 Å². The summed E-state index contributed by atoms with van der Waals surface area (Å²) in [6, 6.07) is 0. The molecule has 0 bridgehead atoms. The van der Waals surface area contributed by atoms with Crippen molar-refractivity contribution < 1.29 is 24.4 Å². The molecule has 0 aliphatic carbocycles. The Bertz CT molecular complexity index is 693. The first-order valence-electron chi connectivity index (χ1n) is 22.0. The zero-order valence-corrected chi connectivity index (χ0v) is 33.8. The maximum Gasteiger partial charge on any atom is 0.308 e. The lowest BCUT2D eigenvalue weighted by molar-refractivity contribution is -0.296. The van der Waals surface area contributed by atoms with Crippen molar-refractivity contribution in [2.75, 3.05) is 66.2 Å². The summed E-state index contributed by atoms with van der Waals surface area (Å²) in [6.45, 7) is 12.4. The highest BCUT2D eigenvalue weighted by atomic mass is 17.2. The molecule has 1 aliphatic rings. The number of ether oxygens (including phenoxy) is 1. The number of piperazine rings is 1. The topological polar surface area (TPSA) is 71.5 Å². The van der Waals surface area contributed by atoms with Gasteiger partial charge in [-0.3, -0.25) is 4.79 Å². The van der Waals surface area contributed by atoms with Crippen LogP contribution in [0.2, 0.25) is 0 Å². The van der Waals surface area contributed by atoms with Gasteiger partial charge in [-0.05, 0) is 51.5 Å². The minimum absolute atomic E-state index is 0.0531. The largest absolute Gasteiger partial charge is 0.465 e. The van der Waals surface area contributed by atoms with Crippen LogP contribution in [0.1, 0.15) is 194 Å². The quantitative estimate of drug-likeness (QED) is 0.0296. The van der Waals surface area contributed by atoms with Gasteiger partial charge in [0.2, 0.25) is 0 Å². The smallest absolute Gasteiger partial charge is 0.308 e. The minimum Gasteiger partial charge on any atom is -0.465 e. The monoisotopic (exact) mass is 711 g/mol. The van der Waals surface area contributed by atoms with Crippen LogP contribution >= 0.6 is 0 Å². The molecule has 0 aromatic carbocycles. The van der Waals surface area contributed by atoms with Crippen LogP contribution in [-0.2, 0) is 19.3 Å². The molecule has 0 aromatic rings. The second kappa shape index (κ2) is 36.6. The number of aliphatic hydroxyl groups is 1. The molecule has 0 saturated carbocycles. The van der Waals surface area contributed by atoms with Gasteiger partial charge in [-0.1, -0.05) is 155 Å². The highest BCUT2D eigenvalue weighted by Gasteiger charge is 2.20. The van der Waals surface area contributed by atoms with Crippen LogP contribution in [0, 0.1) is 11.8 Å². The number of aliphatic hydroxyl groups excluding tert-OH is 1. The van der Waals surface area contributed by atoms with Crippen molar-refractivity contribution in [3.8, 4) is 0 Å². The van der Waals surface area contributed by atoms with Crippen molar-refractivity contribution in [2.45, 2.75) is 194 Å². The number of esters is 1. The predicted octanol–water partition coefficient (Wildman–Crippen LogP) is 10.9. The van der Waals surface area contributed by atoms with Crippen molar-refractivity contribution in [1.82, 2.24) is 9.80 Å². The maximum absolute atomic E-state index is 13.1. The first-order chi connectivity index (χ1) is 24.6. The van der Waals surface area contributed by atoms with Gasteiger partial charge in [0.25, 0.3) is 0 Å². The normalized spacial score (nSPS) is 14.9. The van der Waals surface area contributed by atoms with Crippen LogP contribution in [0.15, 0.2) is 0 Å². The van der Waals surface area contributed by atoms with Gasteiger partial charge in [-0.2, -0.15) is 0 Å². The van der Waals surface area contributed by atoms with E-state index in [0.717, 1.165) is 103 Å². The summed E-state index contributed by atoms with van der Waals surface area (Å²) in [7, 11) is 2.19. The molecule has 1 saturated heterocycles. The molecule has 7 heteroatoms. The third-order valence-electron chi connectivity index (χ3n) is 10.9. The third kappa shape index (κ3) is 29.8. The Kier molecular flexibility index (Phi) is 34.6. The van der Waals surface area contributed by atoms with Gasteiger partial charge in [-0.15, -0.1) is 0 Å². The second-order valence-corrected chi connectivity index (χ2v) is 15.6. The summed E-state index contributed by atoms with van der Waals surface area (Å²) < 4.78 is 5.84. The number of hydrogen-bond acceptors (Lipinski definition) is 7. The Balaban J connectivity index is 2.14. The average Bonchev–Trinajstić information content (AvgIpc) is 3.12. The molecular formula is C43H86N2O5. The maximum atomic E-state index is 13.1. The van der Waals surface area contributed by atoms with E-state index in [1.807, 2.05) is 0 Å². The van der Waals surface area contributed by atoms with Gasteiger partial charge in [0.1, 0.15) is 0 Å². The highest BCUT2D eigenvalue weighted by molar-refractivity contribution is 5.72. The minimum atomic E-state index is 0.0531. The third-order valence-corrected chi connectivity index (χ3v) is 10.9. The fourth-order valence-corrected chi connectivity index (χ4v) is 7.34. The number of hydrogen-bond donors (Lipinski definition) is 1. The van der Waals surface area contributed by atoms with Crippen LogP contribution in [0.3, 0.4) is 0 Å². The summed E-state index contributed by atoms with van der Waals surface area (Å²) in [5, 5.41) is 8.95. The molecule has 0 amide bonds. The Hall–Kier alpha value is -0.730. The van der Waals surface area contributed by atoms with Crippen molar-refractivity contribution in [1.29, 1.82) is 0 Å². The SMILES string of the molecule is CCCCCC(CCCCC)CCOOCCCCCCCCCCC(CCCCCCCCCCO)C(=O)OCCCN1CCN(C)CC1. The molecule has 298 valence electrons. The molecule has 7 nitrogen and oxygen atoms in total. The van der Waals surface area contributed by atoms with Gasteiger partial charge in [0.15, 0.2) is 0 Å². The molecule has 1 N–H and O–H groups in total. The molecule has 1 aliphatic heterocycles. The van der Waals surface area contributed by atoms with Crippen LogP contribution in [0.5, 0.6) is 0 Å². The fraction of sp³-hybridized carbons (Fsp3) is 0.977. The van der Waals surface area contributed by atoms with E-state index >= 15 is 0 Å². The molecule has 1 atom stereocenters. The van der Waals surface area contributed by atoms with Gasteiger partial charge in [0, 0.05) is 39.3 Å². The van der Waals surface area contributed by atoms with Gasteiger partial charge >= 0.3 is 5.97 Å². The molecule has 50 heavy (non-hydrogen) atoms. The van der Waals surface area contributed by atoms with E-state index in [0.29, 0.717) is 19.8 Å². The number of carbonyl (C=O) groups is 1. The van der Waals surface area contributed by atoms with Crippen LogP contribution in [0.25, 0.3) is 0 Å². The molecule has 0 spiro atoms. The van der Waals surface area contributed by atoms with E-state index < -0.39 is 0 Å². The van der Waals surface area contributed by atoms with Crippen LogP contribution in [-0.4, -0.2) is 87.1 Å². The number of unbranched alkanes of at least 4 members (excludes halogenated alkanes) is 18. The summed E-state index contributed by atoms with van der Waals surface area (Å²) in [5.74, 6) is 0.920. The highest BCUT2D eigenvalue weighted by Crippen LogP contribution is 2.23. The average molecular weight is 711 g/mol. The van der Waals surface area contributed by atoms with Crippen molar-refractivity contribution >= 4 is 5.97 Å². The molecule has 1 unspecified atom stereocenters. The summed E-state index contributed by atoms with van der Waals surface area (Å²) in [4.78, 5) is 29.0. The zero-order valence-electron chi connectivity index (χ0n) is 33.8. The Morgan fingerprint density at radius 3 is 1.56 bits per heavy atom. The van der Waals surface area contributed by atoms with Crippen LogP contribution in [0.4, 0.5) is 0 Å². The summed E-state index contributed by atoms with van der Waals surface area (Å²) >= 11 is 0. The lowest BCUT2D eigenvalue weighted by Gasteiger charge is -2.32. The van der Waals surface area contributed by atoms with E-state index in [1.54, 1.807) is 0 Å². The molecule has 0 radical (unpaired) electrons. The number of rotatable bonds is 38. The van der Waals surface area contributed by atoms with Gasteiger partial charge in [0.05, 0.1) is 25.7 Å². The van der Waals surface area contributed by atoms with Crippen molar-refractivity contribution in [2.24, 2.45) is 11.8 Å². The zero-order chi connectivity index (χ0) is 36.2. The van der Waals surface area contributed by atoms with Gasteiger partial charge in [-0.25, -0.2) is 9.78 Å². The molecule has 0 aromatic heterocycles. The van der Waals surface area contributed by atoms with E-state index in [2.05, 4.69) is 30.7 Å². The second-order valence-electron chi connectivity index (χ2n) is 15.6. The van der Waals surface area contributed by atoms with Crippen LogP contribution < -0.4 is 0 Å². The lowest BCUT2D eigenvalue weighted by Crippen LogP contribution is -2.44. The standard InChI is InChI=1S/C43H86N2O5/c1-4-6-20-27-41(28-21-7-5-2)31-40-50-49-39-25-19-15-11-9-13-17-23-30-42(29-22-16-12-8-10-14-18-24-37-46)43(47)48-38-26-32-45-35-33-44(3)34-36-45/h41-42,46H,4-40H2,1-3H3. The Morgan fingerprint density at radius 1 is 0.540 bits per heavy atom.